The summed E-state index contributed by atoms with van der Waals surface area (Å²) < 4.78 is 5.56. The second kappa shape index (κ2) is 4.89. The molecular weight excluding hydrogens is 238 g/mol. The van der Waals surface area contributed by atoms with E-state index in [1.54, 1.807) is 0 Å². The summed E-state index contributed by atoms with van der Waals surface area (Å²) in [5, 5.41) is 7.84. The van der Waals surface area contributed by atoms with Crippen LogP contribution in [0.4, 0.5) is 0 Å². The van der Waals surface area contributed by atoms with Gasteiger partial charge in [-0.3, -0.25) is 0 Å². The third-order valence-corrected chi connectivity index (χ3v) is 5.39. The van der Waals surface area contributed by atoms with Crippen molar-refractivity contribution in [2.75, 3.05) is 6.54 Å². The Morgan fingerprint density at radius 1 is 1.05 bits per heavy atom. The van der Waals surface area contributed by atoms with E-state index in [0.29, 0.717) is 12.0 Å². The summed E-state index contributed by atoms with van der Waals surface area (Å²) in [4.78, 5) is 4.74. The van der Waals surface area contributed by atoms with Crippen molar-refractivity contribution < 1.29 is 4.52 Å². The van der Waals surface area contributed by atoms with E-state index < -0.39 is 0 Å². The molecule has 1 N–H and O–H groups in total. The van der Waals surface area contributed by atoms with Gasteiger partial charge in [0.05, 0.1) is 6.04 Å². The summed E-state index contributed by atoms with van der Waals surface area (Å²) in [5.74, 6) is 4.18. The van der Waals surface area contributed by atoms with Crippen molar-refractivity contribution in [2.24, 2.45) is 11.8 Å². The molecule has 19 heavy (non-hydrogen) atoms. The van der Waals surface area contributed by atoms with E-state index in [1.807, 2.05) is 0 Å². The Labute approximate surface area is 114 Å². The van der Waals surface area contributed by atoms with Crippen LogP contribution in [0.15, 0.2) is 4.52 Å². The lowest BCUT2D eigenvalue weighted by Crippen LogP contribution is -2.20. The second-order valence-corrected chi connectivity index (χ2v) is 6.63. The van der Waals surface area contributed by atoms with Crippen LogP contribution in [-0.2, 0) is 0 Å². The Morgan fingerprint density at radius 2 is 2.05 bits per heavy atom. The number of rotatable bonds is 2. The van der Waals surface area contributed by atoms with Crippen molar-refractivity contribution in [1.82, 2.24) is 15.5 Å². The van der Waals surface area contributed by atoms with Gasteiger partial charge >= 0.3 is 0 Å². The topological polar surface area (TPSA) is 51.0 Å². The highest BCUT2D eigenvalue weighted by atomic mass is 16.5. The van der Waals surface area contributed by atoms with Crippen LogP contribution in [0.1, 0.15) is 75.0 Å². The molecule has 2 aliphatic carbocycles. The molecule has 104 valence electrons. The van der Waals surface area contributed by atoms with Crippen LogP contribution in [0.2, 0.25) is 0 Å². The van der Waals surface area contributed by atoms with E-state index >= 15 is 0 Å². The van der Waals surface area contributed by atoms with E-state index in [9.17, 15) is 0 Å². The first-order chi connectivity index (χ1) is 9.40. The summed E-state index contributed by atoms with van der Waals surface area (Å²) >= 11 is 0. The lowest BCUT2D eigenvalue weighted by Gasteiger charge is -2.17. The van der Waals surface area contributed by atoms with Crippen LogP contribution in [0.25, 0.3) is 0 Å². The number of nitrogens with one attached hydrogen (secondary N) is 1. The molecule has 0 aromatic carbocycles. The van der Waals surface area contributed by atoms with Gasteiger partial charge in [0.25, 0.3) is 0 Å². The first kappa shape index (κ1) is 11.9. The van der Waals surface area contributed by atoms with E-state index in [0.717, 1.165) is 36.5 Å². The fourth-order valence-corrected chi connectivity index (χ4v) is 4.34. The maximum absolute atomic E-state index is 5.56. The molecule has 0 radical (unpaired) electrons. The Kier molecular flexibility index (Phi) is 3.06. The van der Waals surface area contributed by atoms with Crippen molar-refractivity contribution in [3.63, 3.8) is 0 Å². The van der Waals surface area contributed by atoms with E-state index in [-0.39, 0.29) is 0 Å². The van der Waals surface area contributed by atoms with Gasteiger partial charge in [-0.1, -0.05) is 24.4 Å². The molecule has 4 heteroatoms. The summed E-state index contributed by atoms with van der Waals surface area (Å²) in [6, 6.07) is 0.294. The minimum atomic E-state index is 0.294. The van der Waals surface area contributed by atoms with Gasteiger partial charge in [0, 0.05) is 5.92 Å². The molecule has 0 spiro atoms. The molecule has 2 bridgehead atoms. The number of nitrogens with zero attached hydrogens (tertiary/aromatic N) is 2. The van der Waals surface area contributed by atoms with Crippen molar-refractivity contribution >= 4 is 0 Å². The third kappa shape index (κ3) is 2.20. The molecule has 2 saturated carbocycles. The molecule has 3 aliphatic rings. The molecule has 4 nitrogen and oxygen atoms in total. The summed E-state index contributed by atoms with van der Waals surface area (Å²) in [5.41, 5.74) is 0. The van der Waals surface area contributed by atoms with Crippen molar-refractivity contribution in [3.05, 3.63) is 11.7 Å². The van der Waals surface area contributed by atoms with Gasteiger partial charge in [-0.25, -0.2) is 0 Å². The molecule has 4 unspecified atom stereocenters. The summed E-state index contributed by atoms with van der Waals surface area (Å²) in [6.07, 6.45) is 10.5. The van der Waals surface area contributed by atoms with Crippen molar-refractivity contribution in [1.29, 1.82) is 0 Å². The lowest BCUT2D eigenvalue weighted by atomic mass is 9.88. The Morgan fingerprint density at radius 3 is 2.89 bits per heavy atom. The zero-order valence-electron chi connectivity index (χ0n) is 11.5. The van der Waals surface area contributed by atoms with Gasteiger partial charge in [-0.15, -0.1) is 0 Å². The predicted octanol–water partition coefficient (Wildman–Crippen LogP) is 3.18. The molecule has 1 aliphatic heterocycles. The molecular formula is C15H23N3O. The van der Waals surface area contributed by atoms with E-state index in [4.69, 9.17) is 9.51 Å². The quantitative estimate of drug-likeness (QED) is 0.888. The maximum Gasteiger partial charge on any atom is 0.243 e. The van der Waals surface area contributed by atoms with E-state index in [1.165, 1.54) is 44.9 Å². The predicted molar refractivity (Wildman–Crippen MR) is 71.7 cm³/mol. The first-order valence-electron chi connectivity index (χ1n) is 7.97. The van der Waals surface area contributed by atoms with Crippen LogP contribution in [-0.4, -0.2) is 16.7 Å². The van der Waals surface area contributed by atoms with Gasteiger partial charge in [0.2, 0.25) is 5.89 Å². The molecule has 1 aromatic heterocycles. The number of aromatic nitrogens is 2. The monoisotopic (exact) mass is 261 g/mol. The van der Waals surface area contributed by atoms with Crippen molar-refractivity contribution in [2.45, 2.75) is 63.3 Å². The normalized spacial score (nSPS) is 38.5. The molecule has 4 atom stereocenters. The molecule has 4 rings (SSSR count). The molecule has 1 saturated heterocycles. The number of hydrogen-bond donors (Lipinski definition) is 1. The minimum absolute atomic E-state index is 0.294. The Bertz CT molecular complexity index is 436. The Hall–Kier alpha value is -0.900. The van der Waals surface area contributed by atoms with Gasteiger partial charge in [-0.2, -0.15) is 4.98 Å². The third-order valence-electron chi connectivity index (χ3n) is 5.39. The van der Waals surface area contributed by atoms with Crippen LogP contribution in [0.3, 0.4) is 0 Å². The van der Waals surface area contributed by atoms with Crippen LogP contribution >= 0.6 is 0 Å². The zero-order chi connectivity index (χ0) is 12.7. The van der Waals surface area contributed by atoms with Gasteiger partial charge in [0.1, 0.15) is 0 Å². The van der Waals surface area contributed by atoms with Gasteiger partial charge in [0.15, 0.2) is 5.82 Å². The average Bonchev–Trinajstić information content (AvgIpc) is 3.11. The minimum Gasteiger partial charge on any atom is -0.338 e. The highest BCUT2D eigenvalue weighted by Crippen LogP contribution is 2.52. The maximum atomic E-state index is 5.56. The largest absolute Gasteiger partial charge is 0.338 e. The fourth-order valence-electron chi connectivity index (χ4n) is 4.34. The fraction of sp³-hybridized carbons (Fsp3) is 0.867. The highest BCUT2D eigenvalue weighted by Gasteiger charge is 2.42. The van der Waals surface area contributed by atoms with E-state index in [2.05, 4.69) is 10.5 Å². The van der Waals surface area contributed by atoms with Crippen molar-refractivity contribution in [3.8, 4) is 0 Å². The van der Waals surface area contributed by atoms with Crippen LogP contribution in [0.5, 0.6) is 0 Å². The molecule has 0 amide bonds. The summed E-state index contributed by atoms with van der Waals surface area (Å²) in [6.45, 7) is 1.08. The first-order valence-corrected chi connectivity index (χ1v) is 7.97. The highest BCUT2D eigenvalue weighted by molar-refractivity contribution is 5.07. The smallest absolute Gasteiger partial charge is 0.243 e. The average molecular weight is 261 g/mol. The number of fused-ring (bicyclic) bond motifs is 2. The SMILES string of the molecule is C1CCNC(c2nc(C3CC4CCC3C4)no2)CC1. The molecule has 1 aromatic rings. The number of hydrogen-bond acceptors (Lipinski definition) is 4. The lowest BCUT2D eigenvalue weighted by molar-refractivity contribution is 0.317. The molecule has 2 heterocycles. The van der Waals surface area contributed by atoms with Gasteiger partial charge < -0.3 is 9.84 Å². The molecule has 3 fully saturated rings. The standard InChI is InChI=1S/C15H23N3O/c1-2-4-13(16-7-3-1)15-17-14(18-19-15)12-9-10-5-6-11(12)8-10/h10-13,16H,1-9H2. The zero-order valence-corrected chi connectivity index (χ0v) is 11.5. The van der Waals surface area contributed by atoms with Gasteiger partial charge in [-0.05, 0) is 50.5 Å². The van der Waals surface area contributed by atoms with Crippen LogP contribution < -0.4 is 5.32 Å². The van der Waals surface area contributed by atoms with Crippen LogP contribution in [0, 0.1) is 11.8 Å². The second-order valence-electron chi connectivity index (χ2n) is 6.63. The Balaban J connectivity index is 1.49. The summed E-state index contributed by atoms with van der Waals surface area (Å²) in [7, 11) is 0.